The molecule has 0 saturated heterocycles. The summed E-state index contributed by atoms with van der Waals surface area (Å²) in [6.45, 7) is 14.6. The van der Waals surface area contributed by atoms with E-state index in [0.29, 0.717) is 17.2 Å². The zero-order valence-electron chi connectivity index (χ0n) is 17.6. The predicted octanol–water partition coefficient (Wildman–Crippen LogP) is 2.98. The minimum absolute atomic E-state index is 0.0428. The Morgan fingerprint density at radius 1 is 1.30 bits per heavy atom. The molecule has 0 amide bonds. The summed E-state index contributed by atoms with van der Waals surface area (Å²) < 4.78 is 5.08. The van der Waals surface area contributed by atoms with Crippen LogP contribution in [0.3, 0.4) is 0 Å². The molecule has 0 fully saturated rings. The van der Waals surface area contributed by atoms with Crippen molar-refractivity contribution in [3.8, 4) is 0 Å². The maximum Gasteiger partial charge on any atom is 0.350 e. The molecule has 1 aromatic heterocycles. The zero-order valence-corrected chi connectivity index (χ0v) is 18.4. The molecular weight excluding hydrogens is 362 g/mol. The Balaban J connectivity index is 2.48. The number of carbonyl (C=O) groups is 1. The Hall–Kier alpha value is -1.67. The van der Waals surface area contributed by atoms with Crippen molar-refractivity contribution in [2.45, 2.75) is 53.5 Å². The molecule has 0 bridgehead atoms. The minimum atomic E-state index is -0.304. The third-order valence-corrected chi connectivity index (χ3v) is 5.63. The van der Waals surface area contributed by atoms with Gasteiger partial charge in [0.1, 0.15) is 9.88 Å². The van der Waals surface area contributed by atoms with Gasteiger partial charge in [0.2, 0.25) is 0 Å². The molecule has 27 heavy (non-hydrogen) atoms. The summed E-state index contributed by atoms with van der Waals surface area (Å²) in [5, 5.41) is 7.54. The van der Waals surface area contributed by atoms with Crippen LogP contribution in [0.1, 0.15) is 67.0 Å². The number of unbranched alkanes of at least 4 members (excludes halogenated alkanes) is 1. The lowest BCUT2D eigenvalue weighted by Gasteiger charge is -2.18. The molecule has 1 heterocycles. The quantitative estimate of drug-likeness (QED) is 0.259. The fraction of sp³-hybridized carbons (Fsp3) is 0.737. The van der Waals surface area contributed by atoms with Gasteiger partial charge < -0.3 is 20.3 Å². The average molecular weight is 398 g/mol. The molecule has 8 heteroatoms. The topological polar surface area (TPSA) is 78.8 Å². The first-order valence-electron chi connectivity index (χ1n) is 9.80. The number of aryl methyl sites for hydroxylation is 1. The van der Waals surface area contributed by atoms with Crippen molar-refractivity contribution in [2.75, 3.05) is 39.8 Å². The smallest absolute Gasteiger partial charge is 0.350 e. The van der Waals surface area contributed by atoms with Crippen LogP contribution in [0.5, 0.6) is 0 Å². The molecule has 0 radical (unpaired) electrons. The molecule has 0 saturated carbocycles. The molecule has 0 spiro atoms. The second-order valence-corrected chi connectivity index (χ2v) is 7.32. The number of thiazole rings is 1. The van der Waals surface area contributed by atoms with Gasteiger partial charge in [-0.05, 0) is 53.2 Å². The number of esters is 1. The molecule has 2 N–H and O–H groups in total. The van der Waals surface area contributed by atoms with Gasteiger partial charge in [-0.15, -0.1) is 11.3 Å². The molecular formula is C19H35N5O2S. The van der Waals surface area contributed by atoms with Crippen molar-refractivity contribution >= 4 is 23.3 Å². The summed E-state index contributed by atoms with van der Waals surface area (Å²) in [7, 11) is 1.76. The van der Waals surface area contributed by atoms with Gasteiger partial charge in [-0.2, -0.15) is 0 Å². The Morgan fingerprint density at radius 3 is 2.59 bits per heavy atom. The first-order valence-corrected chi connectivity index (χ1v) is 10.6. The number of nitrogens with one attached hydrogen (secondary N) is 2. The van der Waals surface area contributed by atoms with Crippen LogP contribution in [-0.4, -0.2) is 61.6 Å². The summed E-state index contributed by atoms with van der Waals surface area (Å²) in [6.07, 6.45) is 2.25. The number of carbonyl (C=O) groups excluding carboxylic acids is 1. The minimum Gasteiger partial charge on any atom is -0.462 e. The van der Waals surface area contributed by atoms with Crippen LogP contribution < -0.4 is 10.6 Å². The number of hydrogen-bond donors (Lipinski definition) is 2. The largest absolute Gasteiger partial charge is 0.462 e. The molecule has 0 aliphatic carbocycles. The number of guanidine groups is 1. The number of rotatable bonds is 11. The lowest BCUT2D eigenvalue weighted by molar-refractivity contribution is 0.0531. The van der Waals surface area contributed by atoms with Gasteiger partial charge in [0.15, 0.2) is 5.96 Å². The van der Waals surface area contributed by atoms with Crippen LogP contribution in [0, 0.1) is 6.92 Å². The Labute approximate surface area is 167 Å². The monoisotopic (exact) mass is 397 g/mol. The standard InChI is InChI=1S/C19H35N5O2S/c1-7-24(8-2)13-11-10-12-21-19(20-6)23-15(5)17-22-14(4)16(27-17)18(25)26-9-3/h15H,7-13H2,1-6H3,(H2,20,21,23). The lowest BCUT2D eigenvalue weighted by Crippen LogP contribution is -2.39. The Kier molecular flexibility index (Phi) is 11.0. The fourth-order valence-electron chi connectivity index (χ4n) is 2.66. The summed E-state index contributed by atoms with van der Waals surface area (Å²) in [5.74, 6) is 0.442. The van der Waals surface area contributed by atoms with Crippen LogP contribution in [-0.2, 0) is 4.74 Å². The summed E-state index contributed by atoms with van der Waals surface area (Å²) in [5.41, 5.74) is 0.710. The third-order valence-electron chi connectivity index (χ3n) is 4.31. The maximum absolute atomic E-state index is 12.0. The van der Waals surface area contributed by atoms with Gasteiger partial charge in [0.25, 0.3) is 0 Å². The van der Waals surface area contributed by atoms with E-state index in [2.05, 4.69) is 39.4 Å². The second-order valence-electron chi connectivity index (χ2n) is 6.29. The van der Waals surface area contributed by atoms with Crippen molar-refractivity contribution in [2.24, 2.45) is 4.99 Å². The SMILES string of the molecule is CCOC(=O)c1sc(C(C)NC(=NC)NCCCCN(CC)CC)nc1C. The van der Waals surface area contributed by atoms with Crippen LogP contribution in [0.15, 0.2) is 4.99 Å². The average Bonchev–Trinajstić information content (AvgIpc) is 3.05. The number of aromatic nitrogens is 1. The van der Waals surface area contributed by atoms with E-state index in [0.717, 1.165) is 50.0 Å². The Morgan fingerprint density at radius 2 is 2.00 bits per heavy atom. The molecule has 1 rings (SSSR count). The van der Waals surface area contributed by atoms with Gasteiger partial charge in [0, 0.05) is 13.6 Å². The van der Waals surface area contributed by atoms with Gasteiger partial charge in [-0.25, -0.2) is 9.78 Å². The van der Waals surface area contributed by atoms with Gasteiger partial charge in [0.05, 0.1) is 18.3 Å². The second kappa shape index (κ2) is 12.7. The highest BCUT2D eigenvalue weighted by atomic mass is 32.1. The van der Waals surface area contributed by atoms with Crippen LogP contribution in [0.25, 0.3) is 0 Å². The number of aliphatic imine (C=N–C) groups is 1. The highest BCUT2D eigenvalue weighted by Gasteiger charge is 2.20. The van der Waals surface area contributed by atoms with E-state index in [1.807, 2.05) is 13.8 Å². The van der Waals surface area contributed by atoms with E-state index in [1.54, 1.807) is 14.0 Å². The van der Waals surface area contributed by atoms with Gasteiger partial charge in [-0.1, -0.05) is 13.8 Å². The molecule has 1 unspecified atom stereocenters. The summed E-state index contributed by atoms with van der Waals surface area (Å²) >= 11 is 1.37. The van der Waals surface area contributed by atoms with E-state index < -0.39 is 0 Å². The predicted molar refractivity (Wildman–Crippen MR) is 113 cm³/mol. The van der Waals surface area contributed by atoms with E-state index >= 15 is 0 Å². The van der Waals surface area contributed by atoms with Crippen molar-refractivity contribution in [3.63, 3.8) is 0 Å². The van der Waals surface area contributed by atoms with Crippen LogP contribution in [0.4, 0.5) is 0 Å². The van der Waals surface area contributed by atoms with E-state index in [4.69, 9.17) is 4.74 Å². The molecule has 1 aromatic rings. The highest BCUT2D eigenvalue weighted by molar-refractivity contribution is 7.13. The molecule has 1 atom stereocenters. The zero-order chi connectivity index (χ0) is 20.2. The first-order chi connectivity index (χ1) is 13.0. The van der Waals surface area contributed by atoms with E-state index in [-0.39, 0.29) is 12.0 Å². The van der Waals surface area contributed by atoms with Gasteiger partial charge >= 0.3 is 5.97 Å². The van der Waals surface area contributed by atoms with E-state index in [9.17, 15) is 4.79 Å². The number of ether oxygens (including phenoxy) is 1. The van der Waals surface area contributed by atoms with Crippen molar-refractivity contribution in [1.82, 2.24) is 20.5 Å². The summed E-state index contributed by atoms with van der Waals surface area (Å²) in [6, 6.07) is -0.0428. The molecule has 7 nitrogen and oxygen atoms in total. The third kappa shape index (κ3) is 7.84. The van der Waals surface area contributed by atoms with Crippen LogP contribution in [0.2, 0.25) is 0 Å². The van der Waals surface area contributed by atoms with Crippen molar-refractivity contribution in [3.05, 3.63) is 15.6 Å². The molecule has 0 aliphatic heterocycles. The Bertz CT molecular complexity index is 599. The number of nitrogens with zero attached hydrogens (tertiary/aromatic N) is 3. The summed E-state index contributed by atoms with van der Waals surface area (Å²) in [4.78, 5) is 23.8. The highest BCUT2D eigenvalue weighted by Crippen LogP contribution is 2.24. The van der Waals surface area contributed by atoms with Gasteiger partial charge in [-0.3, -0.25) is 4.99 Å². The maximum atomic E-state index is 12.0. The number of hydrogen-bond acceptors (Lipinski definition) is 6. The van der Waals surface area contributed by atoms with E-state index in [1.165, 1.54) is 11.3 Å². The molecule has 0 aromatic carbocycles. The molecule has 0 aliphatic rings. The fourth-order valence-corrected chi connectivity index (χ4v) is 3.62. The van der Waals surface area contributed by atoms with Crippen LogP contribution >= 0.6 is 11.3 Å². The first kappa shape index (κ1) is 23.4. The van der Waals surface area contributed by atoms with Crippen molar-refractivity contribution in [1.29, 1.82) is 0 Å². The lowest BCUT2D eigenvalue weighted by atomic mass is 10.3. The molecule has 154 valence electrons. The normalized spacial score (nSPS) is 12.9. The van der Waals surface area contributed by atoms with Crippen molar-refractivity contribution < 1.29 is 9.53 Å².